The van der Waals surface area contributed by atoms with E-state index in [0.717, 1.165) is 15.8 Å². The van der Waals surface area contributed by atoms with Crippen molar-refractivity contribution in [2.24, 2.45) is 0 Å². The number of sulfone groups is 1. The topological polar surface area (TPSA) is 71.8 Å². The van der Waals surface area contributed by atoms with Crippen molar-refractivity contribution in [2.45, 2.75) is 11.8 Å². The zero-order valence-electron chi connectivity index (χ0n) is 16.2. The van der Waals surface area contributed by atoms with Crippen molar-refractivity contribution in [3.8, 4) is 0 Å². The maximum atomic E-state index is 13.0. The number of anilines is 1. The van der Waals surface area contributed by atoms with Crippen LogP contribution in [0.4, 0.5) is 5.13 Å². The summed E-state index contributed by atoms with van der Waals surface area (Å²) in [6.07, 6.45) is 0. The van der Waals surface area contributed by atoms with Gasteiger partial charge in [-0.05, 0) is 30.7 Å². The molecule has 0 aliphatic rings. The van der Waals surface area contributed by atoms with Gasteiger partial charge in [-0.15, -0.1) is 0 Å². The van der Waals surface area contributed by atoms with Crippen LogP contribution in [0.15, 0.2) is 53.4 Å². The molecule has 1 heterocycles. The fourth-order valence-corrected chi connectivity index (χ4v) is 5.11. The quantitative estimate of drug-likeness (QED) is 0.632. The molecule has 6 nitrogen and oxygen atoms in total. The molecule has 1 amide bonds. The lowest BCUT2D eigenvalue weighted by Gasteiger charge is -2.20. The molecule has 8 heteroatoms. The van der Waals surface area contributed by atoms with Crippen molar-refractivity contribution in [1.82, 2.24) is 4.98 Å². The molecule has 2 aromatic carbocycles. The van der Waals surface area contributed by atoms with Crippen LogP contribution in [0.5, 0.6) is 0 Å². The van der Waals surface area contributed by atoms with Crippen LogP contribution < -0.4 is 9.80 Å². The van der Waals surface area contributed by atoms with Crippen molar-refractivity contribution in [1.29, 1.82) is 0 Å². The molecule has 0 radical (unpaired) electrons. The molecule has 28 heavy (non-hydrogen) atoms. The molecule has 0 bridgehead atoms. The lowest BCUT2D eigenvalue weighted by atomic mass is 10.2. The highest BCUT2D eigenvalue weighted by Crippen LogP contribution is 2.30. The predicted molar refractivity (Wildman–Crippen MR) is 113 cm³/mol. The Morgan fingerprint density at radius 3 is 2.46 bits per heavy atom. The highest BCUT2D eigenvalue weighted by molar-refractivity contribution is 7.92. The number of hydrogen-bond acceptors (Lipinski definition) is 5. The first-order valence-electron chi connectivity index (χ1n) is 9.01. The number of para-hydroxylation sites is 1. The summed E-state index contributed by atoms with van der Waals surface area (Å²) >= 11 is 1.41. The maximum Gasteiger partial charge on any atom is 0.244 e. The Hall–Kier alpha value is -2.29. The summed E-state index contributed by atoms with van der Waals surface area (Å²) in [5.74, 6) is -1.03. The van der Waals surface area contributed by atoms with Gasteiger partial charge in [-0.1, -0.05) is 41.7 Å². The van der Waals surface area contributed by atoms with E-state index in [-0.39, 0.29) is 4.90 Å². The molecular weight excluding hydrogens is 394 g/mol. The zero-order valence-corrected chi connectivity index (χ0v) is 17.8. The van der Waals surface area contributed by atoms with Gasteiger partial charge in [-0.3, -0.25) is 9.69 Å². The SMILES string of the molecule is Cc1cccc2sc(N(CC[NH+](C)C)C(=O)CS(=O)(=O)c3ccccc3)nc12. The lowest BCUT2D eigenvalue weighted by Crippen LogP contribution is -3.06. The summed E-state index contributed by atoms with van der Waals surface area (Å²) in [6.45, 7) is 3.07. The lowest BCUT2D eigenvalue weighted by molar-refractivity contribution is -0.856. The third kappa shape index (κ3) is 4.57. The van der Waals surface area contributed by atoms with Gasteiger partial charge < -0.3 is 4.90 Å². The van der Waals surface area contributed by atoms with E-state index in [4.69, 9.17) is 0 Å². The van der Waals surface area contributed by atoms with E-state index in [9.17, 15) is 13.2 Å². The number of thiazole rings is 1. The van der Waals surface area contributed by atoms with Gasteiger partial charge >= 0.3 is 0 Å². The van der Waals surface area contributed by atoms with Crippen LogP contribution in [0.25, 0.3) is 10.2 Å². The van der Waals surface area contributed by atoms with Crippen molar-refractivity contribution in [2.75, 3.05) is 37.8 Å². The molecule has 3 rings (SSSR count). The fraction of sp³-hybridized carbons (Fsp3) is 0.300. The number of hydrogen-bond donors (Lipinski definition) is 1. The maximum absolute atomic E-state index is 13.0. The zero-order chi connectivity index (χ0) is 20.3. The van der Waals surface area contributed by atoms with Gasteiger partial charge in [0.25, 0.3) is 0 Å². The molecule has 0 spiro atoms. The first-order valence-corrected chi connectivity index (χ1v) is 11.5. The Labute approximate surface area is 169 Å². The standard InChI is InChI=1S/C20H23N3O3S2/c1-15-8-7-11-17-19(15)21-20(27-17)23(13-12-22(2)3)18(24)14-28(25,26)16-9-5-4-6-10-16/h4-11H,12-14H2,1-3H3/p+1. The summed E-state index contributed by atoms with van der Waals surface area (Å²) in [7, 11) is 0.273. The number of aromatic nitrogens is 1. The largest absolute Gasteiger partial charge is 0.338 e. The van der Waals surface area contributed by atoms with Crippen LogP contribution in [-0.2, 0) is 14.6 Å². The van der Waals surface area contributed by atoms with Crippen LogP contribution in [0.3, 0.4) is 0 Å². The normalized spacial score (nSPS) is 11.9. The molecule has 0 unspecified atom stereocenters. The van der Waals surface area contributed by atoms with E-state index < -0.39 is 21.5 Å². The second-order valence-electron chi connectivity index (χ2n) is 6.99. The van der Waals surface area contributed by atoms with Gasteiger partial charge in [0, 0.05) is 0 Å². The number of amides is 1. The molecule has 1 N–H and O–H groups in total. The minimum atomic E-state index is -3.71. The Morgan fingerprint density at radius 1 is 1.11 bits per heavy atom. The molecule has 0 atom stereocenters. The van der Waals surface area contributed by atoms with Gasteiger partial charge in [-0.25, -0.2) is 13.4 Å². The molecule has 1 aromatic heterocycles. The van der Waals surface area contributed by atoms with E-state index in [1.807, 2.05) is 39.2 Å². The number of benzene rings is 2. The smallest absolute Gasteiger partial charge is 0.244 e. The highest BCUT2D eigenvalue weighted by Gasteiger charge is 2.27. The average molecular weight is 419 g/mol. The van der Waals surface area contributed by atoms with Gasteiger partial charge in [-0.2, -0.15) is 0 Å². The second kappa shape index (κ2) is 8.38. The molecule has 148 valence electrons. The molecular formula is C20H24N3O3S2+. The fourth-order valence-electron chi connectivity index (χ4n) is 2.80. The first-order chi connectivity index (χ1) is 13.3. The Kier molecular flexibility index (Phi) is 6.12. The van der Waals surface area contributed by atoms with Crippen molar-refractivity contribution < 1.29 is 18.1 Å². The number of rotatable bonds is 7. The number of fused-ring (bicyclic) bond motifs is 1. The number of aryl methyl sites for hydroxylation is 1. The first kappa shape index (κ1) is 20.4. The van der Waals surface area contributed by atoms with Crippen LogP contribution in [-0.4, -0.2) is 52.2 Å². The minimum Gasteiger partial charge on any atom is -0.338 e. The average Bonchev–Trinajstić information content (AvgIpc) is 3.07. The summed E-state index contributed by atoms with van der Waals surface area (Å²) < 4.78 is 26.3. The van der Waals surface area contributed by atoms with Crippen molar-refractivity contribution in [3.05, 3.63) is 54.1 Å². The van der Waals surface area contributed by atoms with Gasteiger partial charge in [0.05, 0.1) is 42.3 Å². The van der Waals surface area contributed by atoms with Crippen LogP contribution >= 0.6 is 11.3 Å². The van der Waals surface area contributed by atoms with Gasteiger partial charge in [0.2, 0.25) is 5.91 Å². The molecule has 0 fully saturated rings. The van der Waals surface area contributed by atoms with E-state index in [1.165, 1.54) is 33.3 Å². The Bertz CT molecular complexity index is 1080. The number of likely N-dealkylation sites (N-methyl/N-ethyl adjacent to an activating group) is 1. The number of nitrogens with zero attached hydrogens (tertiary/aromatic N) is 2. The number of carbonyl (C=O) groups excluding carboxylic acids is 1. The molecule has 0 aliphatic heterocycles. The summed E-state index contributed by atoms with van der Waals surface area (Å²) in [6, 6.07) is 14.0. The monoisotopic (exact) mass is 418 g/mol. The van der Waals surface area contributed by atoms with Crippen LogP contribution in [0, 0.1) is 6.92 Å². The van der Waals surface area contributed by atoms with Crippen molar-refractivity contribution in [3.63, 3.8) is 0 Å². The van der Waals surface area contributed by atoms with Crippen LogP contribution in [0.2, 0.25) is 0 Å². The van der Waals surface area contributed by atoms with E-state index in [2.05, 4.69) is 4.98 Å². The number of nitrogens with one attached hydrogen (secondary N) is 1. The predicted octanol–water partition coefficient (Wildman–Crippen LogP) is 1.56. The molecule has 0 saturated carbocycles. The molecule has 0 saturated heterocycles. The van der Waals surface area contributed by atoms with Crippen molar-refractivity contribution >= 4 is 42.4 Å². The summed E-state index contributed by atoms with van der Waals surface area (Å²) in [4.78, 5) is 20.5. The minimum absolute atomic E-state index is 0.154. The highest BCUT2D eigenvalue weighted by atomic mass is 32.2. The van der Waals surface area contributed by atoms with E-state index in [1.54, 1.807) is 18.2 Å². The van der Waals surface area contributed by atoms with E-state index in [0.29, 0.717) is 18.2 Å². The van der Waals surface area contributed by atoms with E-state index >= 15 is 0 Å². The third-order valence-corrected chi connectivity index (χ3v) is 7.05. The van der Waals surface area contributed by atoms with Crippen LogP contribution in [0.1, 0.15) is 5.56 Å². The summed E-state index contributed by atoms with van der Waals surface area (Å²) in [5.41, 5.74) is 1.88. The van der Waals surface area contributed by atoms with Gasteiger partial charge in [0.1, 0.15) is 5.75 Å². The second-order valence-corrected chi connectivity index (χ2v) is 9.99. The summed E-state index contributed by atoms with van der Waals surface area (Å²) in [5, 5.41) is 0.541. The van der Waals surface area contributed by atoms with Gasteiger partial charge in [0.15, 0.2) is 15.0 Å². The third-order valence-electron chi connectivity index (χ3n) is 4.39. The Morgan fingerprint density at radius 2 is 1.82 bits per heavy atom. The molecule has 0 aliphatic carbocycles. The number of carbonyl (C=O) groups is 1. The number of quaternary nitrogens is 1. The molecule has 3 aromatic rings. The Balaban J connectivity index is 1.92.